The predicted octanol–water partition coefficient (Wildman–Crippen LogP) is 2.77. The van der Waals surface area contributed by atoms with Crippen LogP contribution in [0.4, 0.5) is 5.69 Å². The normalized spacial score (nSPS) is 18.4. The Labute approximate surface area is 130 Å². The lowest BCUT2D eigenvalue weighted by Gasteiger charge is -2.18. The van der Waals surface area contributed by atoms with Gasteiger partial charge in [-0.05, 0) is 37.0 Å². The molecule has 4 nitrogen and oxygen atoms in total. The Balaban J connectivity index is 2.07. The lowest BCUT2D eigenvalue weighted by atomic mass is 10.1. The van der Waals surface area contributed by atoms with Gasteiger partial charge < -0.3 is 10.2 Å². The van der Waals surface area contributed by atoms with Crippen molar-refractivity contribution in [3.8, 4) is 0 Å². The van der Waals surface area contributed by atoms with Gasteiger partial charge in [0.25, 0.3) is 0 Å². The number of anilines is 1. The Morgan fingerprint density at radius 3 is 2.81 bits per heavy atom. The smallest absolute Gasteiger partial charge is 0.239 e. The van der Waals surface area contributed by atoms with E-state index in [1.54, 1.807) is 11.0 Å². The maximum Gasteiger partial charge on any atom is 0.239 e. The van der Waals surface area contributed by atoms with Crippen LogP contribution in [0.25, 0.3) is 0 Å². The van der Waals surface area contributed by atoms with E-state index in [2.05, 4.69) is 5.32 Å². The summed E-state index contributed by atoms with van der Waals surface area (Å²) in [7, 11) is 0. The summed E-state index contributed by atoms with van der Waals surface area (Å²) >= 11 is 6.11. The number of aryl methyl sites for hydroxylation is 1. The molecule has 1 aromatic carbocycles. The summed E-state index contributed by atoms with van der Waals surface area (Å²) in [5.74, 6) is -0.521. The van der Waals surface area contributed by atoms with Crippen molar-refractivity contribution in [2.45, 2.75) is 27.2 Å². The predicted molar refractivity (Wildman–Crippen MR) is 84.5 cm³/mol. The quantitative estimate of drug-likeness (QED) is 0.870. The monoisotopic (exact) mass is 308 g/mol. The maximum atomic E-state index is 12.4. The van der Waals surface area contributed by atoms with Gasteiger partial charge in [0.2, 0.25) is 11.8 Å². The number of hydrogen-bond donors (Lipinski definition) is 1. The highest BCUT2D eigenvalue weighted by atomic mass is 35.5. The van der Waals surface area contributed by atoms with Crippen LogP contribution < -0.4 is 10.2 Å². The Morgan fingerprint density at radius 1 is 1.48 bits per heavy atom. The summed E-state index contributed by atoms with van der Waals surface area (Å²) in [6.07, 6.45) is 0.550. The first-order chi connectivity index (χ1) is 9.90. The minimum atomic E-state index is -0.580. The number of carbonyl (C=O) groups excluding carboxylic acids is 2. The van der Waals surface area contributed by atoms with E-state index in [0.29, 0.717) is 30.5 Å². The van der Waals surface area contributed by atoms with E-state index in [0.717, 1.165) is 11.3 Å². The number of nitrogens with one attached hydrogen (secondary N) is 1. The van der Waals surface area contributed by atoms with E-state index < -0.39 is 5.92 Å². The van der Waals surface area contributed by atoms with Crippen LogP contribution in [0.3, 0.4) is 0 Å². The molecule has 5 heteroatoms. The molecule has 1 saturated heterocycles. The molecule has 0 spiro atoms. The van der Waals surface area contributed by atoms with Gasteiger partial charge in [-0.2, -0.15) is 0 Å². The largest absolute Gasteiger partial charge is 0.355 e. The van der Waals surface area contributed by atoms with Crippen LogP contribution in [0.2, 0.25) is 5.02 Å². The lowest BCUT2D eigenvalue weighted by Crippen LogP contribution is -2.38. The molecular weight excluding hydrogens is 288 g/mol. The summed E-state index contributed by atoms with van der Waals surface area (Å²) in [4.78, 5) is 26.1. The van der Waals surface area contributed by atoms with Crippen LogP contribution in [0.15, 0.2) is 18.2 Å². The van der Waals surface area contributed by atoms with Crippen LogP contribution in [0.1, 0.15) is 25.8 Å². The van der Waals surface area contributed by atoms with E-state index in [-0.39, 0.29) is 11.8 Å². The van der Waals surface area contributed by atoms with Crippen LogP contribution in [0, 0.1) is 18.8 Å². The van der Waals surface area contributed by atoms with Gasteiger partial charge >= 0.3 is 0 Å². The van der Waals surface area contributed by atoms with Crippen molar-refractivity contribution in [2.75, 3.05) is 18.0 Å². The fourth-order valence-corrected chi connectivity index (χ4v) is 2.53. The van der Waals surface area contributed by atoms with E-state index in [4.69, 9.17) is 11.6 Å². The molecule has 0 radical (unpaired) electrons. The van der Waals surface area contributed by atoms with Gasteiger partial charge in [0.1, 0.15) is 5.92 Å². The standard InChI is InChI=1S/C16H21ClN2O2/c1-10(2)9-18-15(20)13-6-7-19(16(13)21)12-5-4-11(3)14(17)8-12/h4-5,8,10,13H,6-7,9H2,1-3H3,(H,18,20)/t13-/m0/s1. The molecule has 1 fully saturated rings. The number of rotatable bonds is 4. The van der Waals surface area contributed by atoms with Gasteiger partial charge in [0.15, 0.2) is 0 Å². The molecule has 1 aliphatic heterocycles. The number of nitrogens with zero attached hydrogens (tertiary/aromatic N) is 1. The van der Waals surface area contributed by atoms with Gasteiger partial charge in [-0.15, -0.1) is 0 Å². The van der Waals surface area contributed by atoms with Gasteiger partial charge in [-0.25, -0.2) is 0 Å². The van der Waals surface area contributed by atoms with Crippen molar-refractivity contribution in [3.05, 3.63) is 28.8 Å². The van der Waals surface area contributed by atoms with Gasteiger partial charge in [-0.3, -0.25) is 9.59 Å². The molecule has 0 saturated carbocycles. The molecule has 2 amide bonds. The van der Waals surface area contributed by atoms with Crippen LogP contribution in [0.5, 0.6) is 0 Å². The van der Waals surface area contributed by atoms with Crippen molar-refractivity contribution in [1.82, 2.24) is 5.32 Å². The summed E-state index contributed by atoms with van der Waals surface area (Å²) in [5, 5.41) is 3.47. The highest BCUT2D eigenvalue weighted by Gasteiger charge is 2.37. The van der Waals surface area contributed by atoms with E-state index >= 15 is 0 Å². The van der Waals surface area contributed by atoms with E-state index in [1.807, 2.05) is 32.9 Å². The first-order valence-electron chi connectivity index (χ1n) is 7.25. The molecule has 0 aliphatic carbocycles. The first kappa shape index (κ1) is 15.8. The molecule has 0 unspecified atom stereocenters. The highest BCUT2D eigenvalue weighted by molar-refractivity contribution is 6.31. The molecule has 1 N–H and O–H groups in total. The van der Waals surface area contributed by atoms with Gasteiger partial charge in [-0.1, -0.05) is 31.5 Å². The summed E-state index contributed by atoms with van der Waals surface area (Å²) < 4.78 is 0. The SMILES string of the molecule is Cc1ccc(N2CC[C@@H](C(=O)NCC(C)C)C2=O)cc1Cl. The molecule has 1 atom stereocenters. The maximum absolute atomic E-state index is 12.4. The average Bonchev–Trinajstić information content (AvgIpc) is 2.81. The third kappa shape index (κ3) is 3.56. The number of carbonyl (C=O) groups is 2. The minimum Gasteiger partial charge on any atom is -0.355 e. The molecular formula is C16H21ClN2O2. The molecule has 114 valence electrons. The summed E-state index contributed by atoms with van der Waals surface area (Å²) in [6, 6.07) is 5.54. The van der Waals surface area contributed by atoms with Crippen LogP contribution in [-0.2, 0) is 9.59 Å². The second-order valence-corrected chi connectivity index (χ2v) is 6.31. The average molecular weight is 309 g/mol. The molecule has 1 aromatic rings. The van der Waals surface area contributed by atoms with Crippen molar-refractivity contribution in [1.29, 1.82) is 0 Å². The zero-order valence-electron chi connectivity index (χ0n) is 12.6. The fraction of sp³-hybridized carbons (Fsp3) is 0.500. The van der Waals surface area contributed by atoms with E-state index in [9.17, 15) is 9.59 Å². The Hall–Kier alpha value is -1.55. The zero-order valence-corrected chi connectivity index (χ0v) is 13.4. The number of benzene rings is 1. The van der Waals surface area contributed by atoms with Crippen LogP contribution >= 0.6 is 11.6 Å². The third-order valence-electron chi connectivity index (χ3n) is 3.67. The van der Waals surface area contributed by atoms with Crippen molar-refractivity contribution in [3.63, 3.8) is 0 Å². The second-order valence-electron chi connectivity index (χ2n) is 5.90. The van der Waals surface area contributed by atoms with Gasteiger partial charge in [0.05, 0.1) is 0 Å². The highest BCUT2D eigenvalue weighted by Crippen LogP contribution is 2.28. The van der Waals surface area contributed by atoms with Crippen molar-refractivity contribution in [2.24, 2.45) is 11.8 Å². The second kappa shape index (κ2) is 6.48. The molecule has 0 bridgehead atoms. The van der Waals surface area contributed by atoms with Crippen molar-refractivity contribution < 1.29 is 9.59 Å². The lowest BCUT2D eigenvalue weighted by molar-refractivity contribution is -0.132. The fourth-order valence-electron chi connectivity index (χ4n) is 2.36. The molecule has 21 heavy (non-hydrogen) atoms. The number of halogens is 1. The Morgan fingerprint density at radius 2 is 2.19 bits per heavy atom. The van der Waals surface area contributed by atoms with Crippen molar-refractivity contribution >= 4 is 29.1 Å². The topological polar surface area (TPSA) is 49.4 Å². The Kier molecular flexibility index (Phi) is 4.88. The van der Waals surface area contributed by atoms with Gasteiger partial charge in [0, 0.05) is 23.8 Å². The minimum absolute atomic E-state index is 0.142. The molecule has 1 aliphatic rings. The number of hydrogen-bond acceptors (Lipinski definition) is 2. The summed E-state index contributed by atoms with van der Waals surface area (Å²) in [5.41, 5.74) is 1.73. The Bertz CT molecular complexity index is 557. The summed E-state index contributed by atoms with van der Waals surface area (Å²) in [6.45, 7) is 7.12. The zero-order chi connectivity index (χ0) is 15.6. The number of amides is 2. The van der Waals surface area contributed by atoms with Crippen LogP contribution in [-0.4, -0.2) is 24.9 Å². The molecule has 2 rings (SSSR count). The molecule has 0 aromatic heterocycles. The first-order valence-corrected chi connectivity index (χ1v) is 7.63. The molecule has 1 heterocycles. The third-order valence-corrected chi connectivity index (χ3v) is 4.08. The van der Waals surface area contributed by atoms with E-state index in [1.165, 1.54) is 0 Å².